The highest BCUT2D eigenvalue weighted by molar-refractivity contribution is 6.09. The summed E-state index contributed by atoms with van der Waals surface area (Å²) in [5.41, 5.74) is 1.35. The molecule has 7 nitrogen and oxygen atoms in total. The summed E-state index contributed by atoms with van der Waals surface area (Å²) in [4.78, 5) is 32.8. The smallest absolute Gasteiger partial charge is 0.274 e. The summed E-state index contributed by atoms with van der Waals surface area (Å²) in [5, 5.41) is 5.48. The maximum Gasteiger partial charge on any atom is 0.274 e. The normalized spacial score (nSPS) is 10.0. The minimum Gasteiger partial charge on any atom is -0.497 e. The second-order valence-electron chi connectivity index (χ2n) is 5.25. The van der Waals surface area contributed by atoms with E-state index in [1.807, 2.05) is 0 Å². The largest absolute Gasteiger partial charge is 0.497 e. The molecule has 0 atom stereocenters. The number of anilines is 2. The average Bonchev–Trinajstić information content (AvgIpc) is 2.70. The van der Waals surface area contributed by atoms with Crippen molar-refractivity contribution in [2.24, 2.45) is 0 Å². The first-order valence-corrected chi connectivity index (χ1v) is 7.80. The van der Waals surface area contributed by atoms with Gasteiger partial charge in [0, 0.05) is 18.5 Å². The van der Waals surface area contributed by atoms with Gasteiger partial charge in [-0.1, -0.05) is 12.1 Å². The Labute approximate surface area is 150 Å². The van der Waals surface area contributed by atoms with E-state index in [2.05, 4.69) is 20.6 Å². The van der Waals surface area contributed by atoms with Crippen molar-refractivity contribution in [2.75, 3.05) is 17.7 Å². The number of carbonyl (C=O) groups excluding carboxylic acids is 2. The van der Waals surface area contributed by atoms with Crippen molar-refractivity contribution in [3.8, 4) is 5.75 Å². The van der Waals surface area contributed by atoms with Crippen LogP contribution in [0.25, 0.3) is 0 Å². The van der Waals surface area contributed by atoms with Gasteiger partial charge in [0.25, 0.3) is 11.8 Å². The molecule has 0 radical (unpaired) electrons. The van der Waals surface area contributed by atoms with Crippen LogP contribution in [0, 0.1) is 0 Å². The molecule has 26 heavy (non-hydrogen) atoms. The third-order valence-electron chi connectivity index (χ3n) is 3.52. The van der Waals surface area contributed by atoms with Gasteiger partial charge >= 0.3 is 0 Å². The van der Waals surface area contributed by atoms with Crippen LogP contribution >= 0.6 is 0 Å². The number of hydrogen-bond donors (Lipinski definition) is 2. The Bertz CT molecular complexity index is 915. The molecule has 2 aromatic heterocycles. The van der Waals surface area contributed by atoms with Crippen molar-refractivity contribution in [1.29, 1.82) is 0 Å². The number of ether oxygens (including phenoxy) is 1. The Kier molecular flexibility index (Phi) is 5.19. The zero-order valence-corrected chi connectivity index (χ0v) is 14.0. The first-order valence-electron chi connectivity index (χ1n) is 7.80. The summed E-state index contributed by atoms with van der Waals surface area (Å²) in [6, 6.07) is 15.0. The van der Waals surface area contributed by atoms with Crippen molar-refractivity contribution in [3.05, 3.63) is 78.4 Å². The zero-order valence-electron chi connectivity index (χ0n) is 14.0. The lowest BCUT2D eigenvalue weighted by Crippen LogP contribution is -2.18. The van der Waals surface area contributed by atoms with Gasteiger partial charge in [-0.3, -0.25) is 19.6 Å². The number of nitrogens with zero attached hydrogens (tertiary/aromatic N) is 2. The molecule has 0 saturated heterocycles. The van der Waals surface area contributed by atoms with Crippen molar-refractivity contribution < 1.29 is 14.3 Å². The van der Waals surface area contributed by atoms with Crippen LogP contribution < -0.4 is 15.4 Å². The number of methoxy groups -OCH3 is 1. The number of aromatic nitrogens is 2. The fraction of sp³-hybridized carbons (Fsp3) is 0.0526. The van der Waals surface area contributed by atoms with Gasteiger partial charge in [0.15, 0.2) is 0 Å². The van der Waals surface area contributed by atoms with Gasteiger partial charge in [-0.15, -0.1) is 0 Å². The Balaban J connectivity index is 1.86. The van der Waals surface area contributed by atoms with Gasteiger partial charge in [0.1, 0.15) is 17.1 Å². The molecule has 130 valence electrons. The molecule has 0 bridgehead atoms. The van der Waals surface area contributed by atoms with Gasteiger partial charge in [0.05, 0.1) is 18.5 Å². The average molecular weight is 348 g/mol. The van der Waals surface area contributed by atoms with Crippen LogP contribution in [0.4, 0.5) is 11.4 Å². The standard InChI is InChI=1S/C19H16N4O3/c1-26-13-8-9-14(22-18(24)15-6-2-4-10-20-15)17(12-13)23-19(25)16-7-3-5-11-21-16/h2-12H,1H3,(H,22,24)(H,23,25). The molecule has 2 heterocycles. The van der Waals surface area contributed by atoms with E-state index >= 15 is 0 Å². The highest BCUT2D eigenvalue weighted by Gasteiger charge is 2.14. The summed E-state index contributed by atoms with van der Waals surface area (Å²) in [6.45, 7) is 0. The monoisotopic (exact) mass is 348 g/mol. The molecule has 0 saturated carbocycles. The summed E-state index contributed by atoms with van der Waals surface area (Å²) in [5.74, 6) is -0.242. The SMILES string of the molecule is COc1ccc(NC(=O)c2ccccn2)c(NC(=O)c2ccccn2)c1. The Morgan fingerprint density at radius 2 is 1.38 bits per heavy atom. The molecule has 0 spiro atoms. The second-order valence-corrected chi connectivity index (χ2v) is 5.25. The minimum atomic E-state index is -0.396. The highest BCUT2D eigenvalue weighted by Crippen LogP contribution is 2.28. The quantitative estimate of drug-likeness (QED) is 0.739. The highest BCUT2D eigenvalue weighted by atomic mass is 16.5. The van der Waals surface area contributed by atoms with E-state index in [1.165, 1.54) is 19.5 Å². The van der Waals surface area contributed by atoms with E-state index in [0.717, 1.165) is 0 Å². The maximum absolute atomic E-state index is 12.4. The maximum atomic E-state index is 12.4. The molecule has 2 amide bonds. The lowest BCUT2D eigenvalue weighted by Gasteiger charge is -2.13. The Morgan fingerprint density at radius 3 is 1.88 bits per heavy atom. The van der Waals surface area contributed by atoms with E-state index in [1.54, 1.807) is 54.6 Å². The van der Waals surface area contributed by atoms with Crippen molar-refractivity contribution >= 4 is 23.2 Å². The topological polar surface area (TPSA) is 93.2 Å². The predicted octanol–water partition coefficient (Wildman–Crippen LogP) is 2.99. The van der Waals surface area contributed by atoms with Crippen LogP contribution in [0.3, 0.4) is 0 Å². The number of benzene rings is 1. The van der Waals surface area contributed by atoms with Gasteiger partial charge in [-0.25, -0.2) is 0 Å². The van der Waals surface area contributed by atoms with E-state index < -0.39 is 5.91 Å². The van der Waals surface area contributed by atoms with E-state index in [-0.39, 0.29) is 17.3 Å². The van der Waals surface area contributed by atoms with Gasteiger partial charge in [-0.05, 0) is 36.4 Å². The molecule has 3 rings (SSSR count). The molecular formula is C19H16N4O3. The van der Waals surface area contributed by atoms with Crippen LogP contribution in [-0.2, 0) is 0 Å². The zero-order chi connectivity index (χ0) is 18.4. The first kappa shape index (κ1) is 17.1. The van der Waals surface area contributed by atoms with Crippen molar-refractivity contribution in [1.82, 2.24) is 9.97 Å². The molecule has 0 fully saturated rings. The van der Waals surface area contributed by atoms with Crippen molar-refractivity contribution in [2.45, 2.75) is 0 Å². The Hall–Kier alpha value is -3.74. The van der Waals surface area contributed by atoms with Crippen LogP contribution in [0.5, 0.6) is 5.75 Å². The number of rotatable bonds is 5. The third kappa shape index (κ3) is 4.02. The fourth-order valence-electron chi connectivity index (χ4n) is 2.23. The van der Waals surface area contributed by atoms with Crippen LogP contribution in [0.2, 0.25) is 0 Å². The lowest BCUT2D eigenvalue weighted by atomic mass is 10.2. The van der Waals surface area contributed by atoms with Gasteiger partial charge in [0.2, 0.25) is 0 Å². The molecule has 1 aromatic carbocycles. The van der Waals surface area contributed by atoms with Gasteiger partial charge in [-0.2, -0.15) is 0 Å². The molecule has 0 unspecified atom stereocenters. The van der Waals surface area contributed by atoms with E-state index in [4.69, 9.17) is 4.74 Å². The third-order valence-corrected chi connectivity index (χ3v) is 3.52. The second kappa shape index (κ2) is 7.89. The number of carbonyl (C=O) groups is 2. The number of amides is 2. The lowest BCUT2D eigenvalue weighted by molar-refractivity contribution is 0.101. The summed E-state index contributed by atoms with van der Waals surface area (Å²) in [7, 11) is 1.52. The number of nitrogens with one attached hydrogen (secondary N) is 2. The van der Waals surface area contributed by atoms with Crippen LogP contribution in [0.1, 0.15) is 21.0 Å². The molecule has 0 aliphatic rings. The molecule has 0 aliphatic carbocycles. The first-order chi connectivity index (χ1) is 12.7. The van der Waals surface area contributed by atoms with Gasteiger partial charge < -0.3 is 15.4 Å². The number of hydrogen-bond acceptors (Lipinski definition) is 5. The minimum absolute atomic E-state index is 0.261. The fourth-order valence-corrected chi connectivity index (χ4v) is 2.23. The summed E-state index contributed by atoms with van der Waals surface area (Å²) < 4.78 is 5.19. The number of pyridine rings is 2. The molecule has 0 aliphatic heterocycles. The van der Waals surface area contributed by atoms with E-state index in [9.17, 15) is 9.59 Å². The predicted molar refractivity (Wildman–Crippen MR) is 97.4 cm³/mol. The molecule has 3 aromatic rings. The van der Waals surface area contributed by atoms with Crippen LogP contribution in [0.15, 0.2) is 67.0 Å². The van der Waals surface area contributed by atoms with E-state index in [0.29, 0.717) is 17.1 Å². The Morgan fingerprint density at radius 1 is 0.808 bits per heavy atom. The van der Waals surface area contributed by atoms with Crippen LogP contribution in [-0.4, -0.2) is 28.9 Å². The molecular weight excluding hydrogens is 332 g/mol. The molecule has 2 N–H and O–H groups in total. The summed E-state index contributed by atoms with van der Waals surface area (Å²) >= 11 is 0. The van der Waals surface area contributed by atoms with Crippen molar-refractivity contribution in [3.63, 3.8) is 0 Å². The molecule has 7 heteroatoms. The summed E-state index contributed by atoms with van der Waals surface area (Å²) in [6.07, 6.45) is 3.07.